The number of carbonyl (C=O) groups is 1. The van der Waals surface area contributed by atoms with E-state index in [0.29, 0.717) is 0 Å². The van der Waals surface area contributed by atoms with Crippen molar-refractivity contribution in [2.24, 2.45) is 5.73 Å². The minimum Gasteiger partial charge on any atom is -0.480 e. The van der Waals surface area contributed by atoms with Gasteiger partial charge in [-0.1, -0.05) is 0 Å². The fraction of sp³-hybridized carbons (Fsp3) is 0.500. The van der Waals surface area contributed by atoms with Gasteiger partial charge in [0.1, 0.15) is 0 Å². The van der Waals surface area contributed by atoms with Crippen molar-refractivity contribution in [1.82, 2.24) is 0 Å². The van der Waals surface area contributed by atoms with Crippen LogP contribution in [-0.2, 0) is 25.9 Å². The molecule has 0 aliphatic rings. The van der Waals surface area contributed by atoms with E-state index in [4.69, 9.17) is 5.11 Å². The topological polar surface area (TPSA) is 63.3 Å². The summed E-state index contributed by atoms with van der Waals surface area (Å²) >= 11 is 0. The van der Waals surface area contributed by atoms with Crippen molar-refractivity contribution in [3.05, 3.63) is 0 Å². The SMILES string of the molecule is NCC(=O)O.[Pt]. The number of aliphatic carboxylic acids is 1. The van der Waals surface area contributed by atoms with E-state index in [1.54, 1.807) is 0 Å². The molecule has 0 saturated heterocycles. The van der Waals surface area contributed by atoms with Gasteiger partial charge in [-0.3, -0.25) is 4.79 Å². The van der Waals surface area contributed by atoms with Crippen LogP contribution < -0.4 is 5.73 Å². The Hall–Kier alpha value is 0.118. The number of carboxylic acids is 1. The van der Waals surface area contributed by atoms with Crippen LogP contribution >= 0.6 is 0 Å². The van der Waals surface area contributed by atoms with Crippen molar-refractivity contribution in [2.45, 2.75) is 0 Å². The molecule has 0 fully saturated rings. The van der Waals surface area contributed by atoms with Crippen molar-refractivity contribution in [3.8, 4) is 0 Å². The van der Waals surface area contributed by atoms with E-state index in [1.165, 1.54) is 0 Å². The summed E-state index contributed by atoms with van der Waals surface area (Å²) in [6, 6.07) is 0. The average molecular weight is 270 g/mol. The van der Waals surface area contributed by atoms with E-state index in [2.05, 4.69) is 5.73 Å². The maximum absolute atomic E-state index is 9.24. The Kier molecular flexibility index (Phi) is 8.06. The fourth-order valence-electron chi connectivity index (χ4n) is 0. The Morgan fingerprint density at radius 2 is 2.00 bits per heavy atom. The first-order chi connectivity index (χ1) is 2.27. The summed E-state index contributed by atoms with van der Waals surface area (Å²) in [5.74, 6) is -0.968. The summed E-state index contributed by atoms with van der Waals surface area (Å²) in [5.41, 5.74) is 4.57. The molecule has 0 bridgehead atoms. The van der Waals surface area contributed by atoms with E-state index in [1.807, 2.05) is 0 Å². The molecule has 0 saturated carbocycles. The van der Waals surface area contributed by atoms with Crippen molar-refractivity contribution >= 4 is 5.97 Å². The average Bonchev–Trinajstić information content (AvgIpc) is 1.38. The van der Waals surface area contributed by atoms with Crippen molar-refractivity contribution < 1.29 is 31.0 Å². The summed E-state index contributed by atoms with van der Waals surface area (Å²) in [5, 5.41) is 7.60. The molecule has 0 spiro atoms. The third kappa shape index (κ3) is 8.92. The number of rotatable bonds is 1. The van der Waals surface area contributed by atoms with E-state index >= 15 is 0 Å². The normalized spacial score (nSPS) is 6.17. The van der Waals surface area contributed by atoms with Crippen LogP contribution in [0.1, 0.15) is 0 Å². The van der Waals surface area contributed by atoms with E-state index < -0.39 is 5.97 Å². The minimum atomic E-state index is -0.968. The van der Waals surface area contributed by atoms with Gasteiger partial charge in [0.2, 0.25) is 0 Å². The first kappa shape index (κ1) is 9.45. The van der Waals surface area contributed by atoms with Crippen LogP contribution in [0.2, 0.25) is 0 Å². The maximum Gasteiger partial charge on any atom is 0.317 e. The summed E-state index contributed by atoms with van der Waals surface area (Å²) in [6.07, 6.45) is 0. The number of hydrogen-bond acceptors (Lipinski definition) is 2. The van der Waals surface area contributed by atoms with Crippen molar-refractivity contribution in [2.75, 3.05) is 6.54 Å². The van der Waals surface area contributed by atoms with Gasteiger partial charge in [-0.15, -0.1) is 0 Å². The largest absolute Gasteiger partial charge is 0.480 e. The molecule has 0 aromatic carbocycles. The monoisotopic (exact) mass is 270 g/mol. The van der Waals surface area contributed by atoms with Crippen LogP contribution in [0, 0.1) is 0 Å². The number of carboxylic acid groups (broad SMARTS) is 1. The second kappa shape index (κ2) is 5.12. The molecular formula is C2H5NO2Pt. The Morgan fingerprint density at radius 1 is 1.83 bits per heavy atom. The molecule has 40 valence electrons. The zero-order chi connectivity index (χ0) is 4.28. The first-order valence-corrected chi connectivity index (χ1v) is 1.19. The first-order valence-electron chi connectivity index (χ1n) is 1.19. The molecule has 0 aromatic rings. The standard InChI is InChI=1S/C2H5NO2.Pt/c3-1-2(4)5;/h1,3H2,(H,4,5);. The van der Waals surface area contributed by atoms with Gasteiger partial charge >= 0.3 is 5.97 Å². The molecule has 4 heteroatoms. The molecule has 0 aliphatic carbocycles. The quantitative estimate of drug-likeness (QED) is 0.644. The zero-order valence-electron chi connectivity index (χ0n) is 2.96. The zero-order valence-corrected chi connectivity index (χ0v) is 5.23. The Labute approximate surface area is 49.8 Å². The van der Waals surface area contributed by atoms with Crippen LogP contribution in [-0.4, -0.2) is 17.6 Å². The van der Waals surface area contributed by atoms with Crippen LogP contribution in [0.4, 0.5) is 0 Å². The van der Waals surface area contributed by atoms with Crippen LogP contribution in [0.3, 0.4) is 0 Å². The van der Waals surface area contributed by atoms with Gasteiger partial charge in [0.15, 0.2) is 0 Å². The molecule has 0 heterocycles. The van der Waals surface area contributed by atoms with Crippen LogP contribution in [0.15, 0.2) is 0 Å². The van der Waals surface area contributed by atoms with Gasteiger partial charge in [0.05, 0.1) is 6.54 Å². The Bertz CT molecular complexity index is 46.8. The molecule has 3 nitrogen and oxygen atoms in total. The summed E-state index contributed by atoms with van der Waals surface area (Å²) < 4.78 is 0. The molecule has 0 radical (unpaired) electrons. The molecule has 3 N–H and O–H groups in total. The van der Waals surface area contributed by atoms with Crippen molar-refractivity contribution in [3.63, 3.8) is 0 Å². The van der Waals surface area contributed by atoms with Crippen molar-refractivity contribution in [1.29, 1.82) is 0 Å². The second-order valence-electron chi connectivity index (χ2n) is 0.598. The van der Waals surface area contributed by atoms with E-state index in [-0.39, 0.29) is 27.6 Å². The predicted molar refractivity (Wildman–Crippen MR) is 16.7 cm³/mol. The molecule has 0 rings (SSSR count). The van der Waals surface area contributed by atoms with Gasteiger partial charge in [-0.05, 0) is 0 Å². The van der Waals surface area contributed by atoms with E-state index in [9.17, 15) is 4.79 Å². The van der Waals surface area contributed by atoms with Gasteiger partial charge in [-0.2, -0.15) is 0 Å². The summed E-state index contributed by atoms with van der Waals surface area (Å²) in [4.78, 5) is 9.24. The minimum absolute atomic E-state index is 0. The smallest absolute Gasteiger partial charge is 0.317 e. The number of nitrogens with two attached hydrogens (primary N) is 1. The summed E-state index contributed by atoms with van der Waals surface area (Å²) in [7, 11) is 0. The van der Waals surface area contributed by atoms with Gasteiger partial charge in [-0.25, -0.2) is 0 Å². The van der Waals surface area contributed by atoms with Crippen LogP contribution in [0.25, 0.3) is 0 Å². The van der Waals surface area contributed by atoms with Gasteiger partial charge < -0.3 is 10.8 Å². The van der Waals surface area contributed by atoms with Crippen LogP contribution in [0.5, 0.6) is 0 Å². The third-order valence-corrected chi connectivity index (χ3v) is 0.175. The molecule has 0 atom stereocenters. The van der Waals surface area contributed by atoms with Gasteiger partial charge in [0, 0.05) is 21.1 Å². The summed E-state index contributed by atoms with van der Waals surface area (Å²) in [6.45, 7) is -0.278. The fourth-order valence-corrected chi connectivity index (χ4v) is 0. The molecule has 0 unspecified atom stereocenters. The third-order valence-electron chi connectivity index (χ3n) is 0.175. The molecule has 0 aliphatic heterocycles. The predicted octanol–water partition coefficient (Wildman–Crippen LogP) is -0.973. The Morgan fingerprint density at radius 3 is 2.00 bits per heavy atom. The van der Waals surface area contributed by atoms with Gasteiger partial charge in [0.25, 0.3) is 0 Å². The second-order valence-corrected chi connectivity index (χ2v) is 0.598. The molecular weight excluding hydrogens is 265 g/mol. The molecule has 0 amide bonds. The maximum atomic E-state index is 9.24. The Balaban J connectivity index is 0. The van der Waals surface area contributed by atoms with E-state index in [0.717, 1.165) is 0 Å². The molecule has 0 aromatic heterocycles. The number of hydrogen-bond donors (Lipinski definition) is 2. The molecule has 6 heavy (non-hydrogen) atoms.